The second kappa shape index (κ2) is 9.05. The highest BCUT2D eigenvalue weighted by atomic mass is 127. The van der Waals surface area contributed by atoms with Crippen LogP contribution in [-0.2, 0) is 0 Å². The first kappa shape index (κ1) is 17.1. The molecule has 4 nitrogen and oxygen atoms in total. The molecule has 1 aromatic carbocycles. The number of benzene rings is 1. The molecule has 0 radical (unpaired) electrons. The Labute approximate surface area is 138 Å². The first-order valence-corrected chi connectivity index (χ1v) is 7.02. The molecule has 0 spiro atoms. The average Bonchev–Trinajstić information content (AvgIpc) is 3.19. The smallest absolute Gasteiger partial charge is 0.191 e. The summed E-state index contributed by atoms with van der Waals surface area (Å²) < 4.78 is 5.67. The largest absolute Gasteiger partial charge is 0.492 e. The molecule has 1 aliphatic carbocycles. The van der Waals surface area contributed by atoms with Gasteiger partial charge in [-0.15, -0.1) is 24.0 Å². The molecule has 0 unspecified atom stereocenters. The minimum atomic E-state index is 0. The van der Waals surface area contributed by atoms with Crippen molar-refractivity contribution >= 4 is 29.9 Å². The van der Waals surface area contributed by atoms with Crippen LogP contribution < -0.4 is 15.4 Å². The SMILES string of the molecule is CCNC(=NCCOc1cccc(C)c1)NC1CC1.I. The Morgan fingerprint density at radius 1 is 1.40 bits per heavy atom. The van der Waals surface area contributed by atoms with Gasteiger partial charge in [0, 0.05) is 12.6 Å². The first-order chi connectivity index (χ1) is 9.28. The lowest BCUT2D eigenvalue weighted by Crippen LogP contribution is -2.38. The number of hydrogen-bond donors (Lipinski definition) is 2. The maximum atomic E-state index is 5.67. The number of nitrogens with zero attached hydrogens (tertiary/aromatic N) is 1. The fraction of sp³-hybridized carbons (Fsp3) is 0.533. The van der Waals surface area contributed by atoms with E-state index in [1.165, 1.54) is 18.4 Å². The second-order valence-corrected chi connectivity index (χ2v) is 4.84. The zero-order valence-corrected chi connectivity index (χ0v) is 14.5. The molecule has 0 amide bonds. The van der Waals surface area contributed by atoms with E-state index in [9.17, 15) is 0 Å². The van der Waals surface area contributed by atoms with Crippen LogP contribution in [0.4, 0.5) is 0 Å². The summed E-state index contributed by atoms with van der Waals surface area (Å²) in [6, 6.07) is 8.71. The Kier molecular flexibility index (Phi) is 7.72. The summed E-state index contributed by atoms with van der Waals surface area (Å²) in [5, 5.41) is 6.63. The predicted molar refractivity (Wildman–Crippen MR) is 94.2 cm³/mol. The third kappa shape index (κ3) is 6.45. The van der Waals surface area contributed by atoms with Crippen LogP contribution in [0.1, 0.15) is 25.3 Å². The molecule has 1 aliphatic rings. The van der Waals surface area contributed by atoms with Gasteiger partial charge in [0.1, 0.15) is 12.4 Å². The lowest BCUT2D eigenvalue weighted by Gasteiger charge is -2.10. The zero-order chi connectivity index (χ0) is 13.5. The molecular weight excluding hydrogens is 365 g/mol. The molecule has 1 aromatic rings. The number of rotatable bonds is 6. The molecular formula is C15H24IN3O. The van der Waals surface area contributed by atoms with Crippen LogP contribution in [0, 0.1) is 6.92 Å². The second-order valence-electron chi connectivity index (χ2n) is 4.84. The average molecular weight is 389 g/mol. The van der Waals surface area contributed by atoms with E-state index in [-0.39, 0.29) is 24.0 Å². The van der Waals surface area contributed by atoms with Crippen molar-refractivity contribution in [1.82, 2.24) is 10.6 Å². The highest BCUT2D eigenvalue weighted by molar-refractivity contribution is 14.0. The van der Waals surface area contributed by atoms with E-state index in [0.29, 0.717) is 19.2 Å². The predicted octanol–water partition coefficient (Wildman–Crippen LogP) is 2.71. The Morgan fingerprint density at radius 3 is 2.85 bits per heavy atom. The molecule has 2 rings (SSSR count). The summed E-state index contributed by atoms with van der Waals surface area (Å²) in [5.41, 5.74) is 1.21. The highest BCUT2D eigenvalue weighted by Gasteiger charge is 2.21. The number of halogens is 1. The summed E-state index contributed by atoms with van der Waals surface area (Å²) >= 11 is 0. The van der Waals surface area contributed by atoms with Crippen molar-refractivity contribution in [2.45, 2.75) is 32.7 Å². The summed E-state index contributed by atoms with van der Waals surface area (Å²) in [6.45, 7) is 6.29. The number of aryl methyl sites for hydroxylation is 1. The molecule has 0 bridgehead atoms. The molecule has 0 heterocycles. The normalized spacial score (nSPS) is 14.4. The van der Waals surface area contributed by atoms with Crippen molar-refractivity contribution < 1.29 is 4.74 Å². The highest BCUT2D eigenvalue weighted by Crippen LogP contribution is 2.18. The summed E-state index contributed by atoms with van der Waals surface area (Å²) in [6.07, 6.45) is 2.51. The number of hydrogen-bond acceptors (Lipinski definition) is 2. The van der Waals surface area contributed by atoms with Gasteiger partial charge >= 0.3 is 0 Å². The van der Waals surface area contributed by atoms with Crippen molar-refractivity contribution in [2.24, 2.45) is 4.99 Å². The summed E-state index contributed by atoms with van der Waals surface area (Å²) in [5.74, 6) is 1.81. The Balaban J connectivity index is 0.00000200. The monoisotopic (exact) mass is 389 g/mol. The van der Waals surface area contributed by atoms with E-state index in [1.807, 2.05) is 18.2 Å². The van der Waals surface area contributed by atoms with E-state index in [1.54, 1.807) is 0 Å². The fourth-order valence-electron chi connectivity index (χ4n) is 1.77. The number of guanidine groups is 1. The van der Waals surface area contributed by atoms with Gasteiger partial charge in [0.2, 0.25) is 0 Å². The van der Waals surface area contributed by atoms with Gasteiger partial charge in [-0.1, -0.05) is 12.1 Å². The van der Waals surface area contributed by atoms with Gasteiger partial charge in [0.05, 0.1) is 6.54 Å². The van der Waals surface area contributed by atoms with Gasteiger partial charge in [-0.25, -0.2) is 4.99 Å². The number of ether oxygens (including phenoxy) is 1. The Hall–Kier alpha value is -0.980. The van der Waals surface area contributed by atoms with Crippen molar-refractivity contribution in [3.63, 3.8) is 0 Å². The van der Waals surface area contributed by atoms with Crippen molar-refractivity contribution in [1.29, 1.82) is 0 Å². The van der Waals surface area contributed by atoms with Gasteiger partial charge in [-0.2, -0.15) is 0 Å². The fourth-order valence-corrected chi connectivity index (χ4v) is 1.77. The van der Waals surface area contributed by atoms with E-state index < -0.39 is 0 Å². The molecule has 5 heteroatoms. The molecule has 112 valence electrons. The van der Waals surface area contributed by atoms with E-state index in [4.69, 9.17) is 4.74 Å². The Morgan fingerprint density at radius 2 is 2.20 bits per heavy atom. The quantitative estimate of drug-likeness (QED) is 0.341. The van der Waals surface area contributed by atoms with Crippen LogP contribution in [0.25, 0.3) is 0 Å². The number of nitrogens with one attached hydrogen (secondary N) is 2. The molecule has 2 N–H and O–H groups in total. The van der Waals surface area contributed by atoms with Crippen LogP contribution in [0.2, 0.25) is 0 Å². The van der Waals surface area contributed by atoms with Gasteiger partial charge < -0.3 is 15.4 Å². The molecule has 0 saturated heterocycles. The van der Waals surface area contributed by atoms with Gasteiger partial charge in [-0.3, -0.25) is 0 Å². The number of aliphatic imine (C=N–C) groups is 1. The van der Waals surface area contributed by atoms with E-state index >= 15 is 0 Å². The van der Waals surface area contributed by atoms with Crippen LogP contribution in [0.15, 0.2) is 29.3 Å². The molecule has 1 fully saturated rings. The maximum absolute atomic E-state index is 5.67. The molecule has 20 heavy (non-hydrogen) atoms. The van der Waals surface area contributed by atoms with Crippen molar-refractivity contribution in [3.8, 4) is 5.75 Å². The van der Waals surface area contributed by atoms with Gasteiger partial charge in [0.15, 0.2) is 5.96 Å². The third-order valence-electron chi connectivity index (χ3n) is 2.88. The summed E-state index contributed by atoms with van der Waals surface area (Å²) in [7, 11) is 0. The standard InChI is InChI=1S/C15H23N3O.HI/c1-3-16-15(18-13-7-8-13)17-9-10-19-14-6-4-5-12(2)11-14;/h4-6,11,13H,3,7-10H2,1-2H3,(H2,16,17,18);1H. The molecule has 1 saturated carbocycles. The zero-order valence-electron chi connectivity index (χ0n) is 12.2. The topological polar surface area (TPSA) is 45.7 Å². The van der Waals surface area contributed by atoms with E-state index in [2.05, 4.69) is 35.5 Å². The molecule has 0 aliphatic heterocycles. The first-order valence-electron chi connectivity index (χ1n) is 7.02. The van der Waals surface area contributed by atoms with Crippen LogP contribution in [-0.4, -0.2) is 31.7 Å². The van der Waals surface area contributed by atoms with Crippen LogP contribution in [0.5, 0.6) is 5.75 Å². The van der Waals surface area contributed by atoms with E-state index in [0.717, 1.165) is 18.3 Å². The van der Waals surface area contributed by atoms with Crippen LogP contribution >= 0.6 is 24.0 Å². The van der Waals surface area contributed by atoms with Crippen molar-refractivity contribution in [2.75, 3.05) is 19.7 Å². The van der Waals surface area contributed by atoms with Gasteiger partial charge in [-0.05, 0) is 44.4 Å². The lowest BCUT2D eigenvalue weighted by atomic mass is 10.2. The van der Waals surface area contributed by atoms with Crippen LogP contribution in [0.3, 0.4) is 0 Å². The van der Waals surface area contributed by atoms with Gasteiger partial charge in [0.25, 0.3) is 0 Å². The third-order valence-corrected chi connectivity index (χ3v) is 2.88. The maximum Gasteiger partial charge on any atom is 0.191 e. The Bertz CT molecular complexity index is 433. The minimum Gasteiger partial charge on any atom is -0.492 e. The minimum absolute atomic E-state index is 0. The lowest BCUT2D eigenvalue weighted by molar-refractivity contribution is 0.328. The summed E-state index contributed by atoms with van der Waals surface area (Å²) in [4.78, 5) is 4.50. The van der Waals surface area contributed by atoms with Crippen molar-refractivity contribution in [3.05, 3.63) is 29.8 Å². The molecule has 0 aromatic heterocycles. The molecule has 0 atom stereocenters.